The Kier molecular flexibility index (Phi) is 7.41. The van der Waals surface area contributed by atoms with Crippen LogP contribution in [-0.4, -0.2) is 55.5 Å². The molecule has 1 amide bonds. The van der Waals surface area contributed by atoms with Gasteiger partial charge in [-0.3, -0.25) is 9.59 Å². The van der Waals surface area contributed by atoms with Gasteiger partial charge in [0.25, 0.3) is 5.91 Å². The molecule has 2 unspecified atom stereocenters. The van der Waals surface area contributed by atoms with Gasteiger partial charge >= 0.3 is 0 Å². The number of carbonyl (C=O) groups excluding carboxylic acids is 2. The normalized spacial score (nSPS) is 23.6. The number of nitrogens with zero attached hydrogens (tertiary/aromatic N) is 1. The Balaban J connectivity index is 1.11. The summed E-state index contributed by atoms with van der Waals surface area (Å²) in [6.45, 7) is 4.56. The molecule has 0 saturated carbocycles. The van der Waals surface area contributed by atoms with E-state index >= 15 is 0 Å². The fourth-order valence-corrected chi connectivity index (χ4v) is 5.81. The number of likely N-dealkylation sites (tertiary alicyclic amines) is 1. The van der Waals surface area contributed by atoms with Crippen LogP contribution in [0.15, 0.2) is 48.5 Å². The lowest BCUT2D eigenvalue weighted by atomic mass is 9.80. The molecule has 5 nitrogen and oxygen atoms in total. The number of piperidine rings is 1. The van der Waals surface area contributed by atoms with Crippen LogP contribution in [-0.2, 0) is 11.2 Å². The molecule has 0 radical (unpaired) electrons. The molecule has 34 heavy (non-hydrogen) atoms. The van der Waals surface area contributed by atoms with Crippen molar-refractivity contribution in [3.63, 3.8) is 0 Å². The molecule has 2 saturated heterocycles. The Labute approximate surface area is 202 Å². The summed E-state index contributed by atoms with van der Waals surface area (Å²) in [7, 11) is 0. The first-order valence-electron chi connectivity index (χ1n) is 13.0. The molecule has 1 aliphatic carbocycles. The number of nitrogens with one attached hydrogen (secondary N) is 1. The quantitative estimate of drug-likeness (QED) is 0.656. The second-order valence-electron chi connectivity index (χ2n) is 10.1. The van der Waals surface area contributed by atoms with Gasteiger partial charge in [0.2, 0.25) is 0 Å². The molecule has 0 spiro atoms. The third kappa shape index (κ3) is 5.42. The number of rotatable bonds is 7. The first kappa shape index (κ1) is 23.3. The van der Waals surface area contributed by atoms with Gasteiger partial charge in [0.05, 0.1) is 6.10 Å². The van der Waals surface area contributed by atoms with E-state index in [1.165, 1.54) is 18.4 Å². The summed E-state index contributed by atoms with van der Waals surface area (Å²) < 4.78 is 5.58. The molecular formula is C29H36N2O3. The van der Waals surface area contributed by atoms with Gasteiger partial charge in [0.1, 0.15) is 0 Å². The van der Waals surface area contributed by atoms with Crippen LogP contribution in [0.2, 0.25) is 0 Å². The zero-order valence-electron chi connectivity index (χ0n) is 20.0. The van der Waals surface area contributed by atoms with Crippen LogP contribution in [0, 0.1) is 5.92 Å². The van der Waals surface area contributed by atoms with Crippen LogP contribution in [0.5, 0.6) is 0 Å². The molecule has 2 fully saturated rings. The monoisotopic (exact) mass is 460 g/mol. The summed E-state index contributed by atoms with van der Waals surface area (Å²) in [6.07, 6.45) is 7.28. The number of hydrogen-bond acceptors (Lipinski definition) is 4. The lowest BCUT2D eigenvalue weighted by Gasteiger charge is -2.33. The van der Waals surface area contributed by atoms with Crippen molar-refractivity contribution in [2.75, 3.05) is 32.8 Å². The Morgan fingerprint density at radius 1 is 1.03 bits per heavy atom. The predicted molar refractivity (Wildman–Crippen MR) is 133 cm³/mol. The predicted octanol–water partition coefficient (Wildman–Crippen LogP) is 4.61. The highest BCUT2D eigenvalue weighted by Crippen LogP contribution is 2.31. The van der Waals surface area contributed by atoms with Crippen molar-refractivity contribution in [3.8, 4) is 0 Å². The zero-order chi connectivity index (χ0) is 23.3. The fourth-order valence-electron chi connectivity index (χ4n) is 5.81. The lowest BCUT2D eigenvalue weighted by Crippen LogP contribution is -2.36. The van der Waals surface area contributed by atoms with Gasteiger partial charge in [-0.1, -0.05) is 36.4 Å². The van der Waals surface area contributed by atoms with Crippen molar-refractivity contribution in [1.82, 2.24) is 10.2 Å². The maximum Gasteiger partial charge on any atom is 0.251 e. The molecule has 2 heterocycles. The van der Waals surface area contributed by atoms with Gasteiger partial charge in [0, 0.05) is 30.2 Å². The molecule has 2 aromatic carbocycles. The van der Waals surface area contributed by atoms with Crippen molar-refractivity contribution in [3.05, 3.63) is 70.8 Å². The Morgan fingerprint density at radius 2 is 1.85 bits per heavy atom. The summed E-state index contributed by atoms with van der Waals surface area (Å²) in [6, 6.07) is 16.4. The zero-order valence-corrected chi connectivity index (χ0v) is 20.0. The maximum absolute atomic E-state index is 13.2. The van der Waals surface area contributed by atoms with Crippen LogP contribution in [0.25, 0.3) is 0 Å². The largest absolute Gasteiger partial charge is 0.376 e. The lowest BCUT2D eigenvalue weighted by molar-refractivity contribution is 0.0853. The minimum absolute atomic E-state index is 0.0771. The Morgan fingerprint density at radius 3 is 2.62 bits per heavy atom. The summed E-state index contributed by atoms with van der Waals surface area (Å²) in [5, 5.41) is 2.98. The van der Waals surface area contributed by atoms with Crippen molar-refractivity contribution >= 4 is 11.7 Å². The number of ketones is 1. The van der Waals surface area contributed by atoms with E-state index in [-0.39, 0.29) is 23.7 Å². The minimum Gasteiger partial charge on any atom is -0.376 e. The van der Waals surface area contributed by atoms with E-state index in [1.54, 1.807) is 6.07 Å². The van der Waals surface area contributed by atoms with Gasteiger partial charge in [0.15, 0.2) is 5.78 Å². The van der Waals surface area contributed by atoms with Crippen LogP contribution in [0.1, 0.15) is 76.3 Å². The first-order chi connectivity index (χ1) is 16.7. The van der Waals surface area contributed by atoms with Crippen molar-refractivity contribution in [2.45, 2.75) is 57.0 Å². The third-order valence-corrected chi connectivity index (χ3v) is 7.93. The number of aryl methyl sites for hydroxylation is 1. The number of benzene rings is 2. The first-order valence-corrected chi connectivity index (χ1v) is 13.0. The standard InChI is InChI=1S/C29H36N2O3/c32-28-23(14-17-31-15-12-22(13-16-31)21-5-2-1-3-6-21)8-9-24-19-25(10-11-27(24)28)29(33)30-20-26-7-4-18-34-26/h1-3,5-6,10-11,19,22-23,26H,4,7-9,12-18,20H2,(H,30,33). The number of ether oxygens (including phenoxy) is 1. The van der Waals surface area contributed by atoms with E-state index < -0.39 is 0 Å². The van der Waals surface area contributed by atoms with Crippen molar-refractivity contribution in [2.24, 2.45) is 5.92 Å². The summed E-state index contributed by atoms with van der Waals surface area (Å²) in [4.78, 5) is 28.3. The number of fused-ring (bicyclic) bond motifs is 1. The van der Waals surface area contributed by atoms with E-state index in [1.807, 2.05) is 12.1 Å². The van der Waals surface area contributed by atoms with Gasteiger partial charge in [-0.25, -0.2) is 0 Å². The highest BCUT2D eigenvalue weighted by atomic mass is 16.5. The van der Waals surface area contributed by atoms with Crippen LogP contribution >= 0.6 is 0 Å². The molecule has 5 heteroatoms. The smallest absolute Gasteiger partial charge is 0.251 e. The molecule has 3 aliphatic rings. The van der Waals surface area contributed by atoms with Gasteiger partial charge < -0.3 is 15.0 Å². The molecule has 0 aromatic heterocycles. The average Bonchev–Trinajstić information content (AvgIpc) is 3.41. The van der Waals surface area contributed by atoms with Gasteiger partial charge in [-0.2, -0.15) is 0 Å². The third-order valence-electron chi connectivity index (χ3n) is 7.93. The number of carbonyl (C=O) groups is 2. The SMILES string of the molecule is O=C(NCC1CCCO1)c1ccc2c(c1)CCC(CCN1CCC(c3ccccc3)CC1)C2=O. The maximum atomic E-state index is 13.2. The topological polar surface area (TPSA) is 58.6 Å². The number of amides is 1. The van der Waals surface area contributed by atoms with E-state index in [4.69, 9.17) is 4.74 Å². The van der Waals surface area contributed by atoms with Crippen molar-refractivity contribution in [1.29, 1.82) is 0 Å². The molecule has 180 valence electrons. The Hall–Kier alpha value is -2.50. The van der Waals surface area contributed by atoms with Crippen LogP contribution < -0.4 is 5.32 Å². The molecule has 1 N–H and O–H groups in total. The molecule has 2 atom stereocenters. The van der Waals surface area contributed by atoms with E-state index in [2.05, 4.69) is 40.5 Å². The molecule has 2 aromatic rings. The minimum atomic E-state index is -0.0771. The molecule has 0 bridgehead atoms. The summed E-state index contributed by atoms with van der Waals surface area (Å²) in [5.41, 5.74) is 3.94. The Bertz CT molecular complexity index is 992. The van der Waals surface area contributed by atoms with E-state index in [0.717, 1.165) is 69.5 Å². The highest BCUT2D eigenvalue weighted by molar-refractivity contribution is 6.02. The van der Waals surface area contributed by atoms with Crippen molar-refractivity contribution < 1.29 is 14.3 Å². The second-order valence-corrected chi connectivity index (χ2v) is 10.1. The van der Waals surface area contributed by atoms with Gasteiger partial charge in [-0.05, 0) is 93.8 Å². The number of Topliss-reactive ketones (excluding diaryl/α,β-unsaturated/α-hetero) is 1. The second kappa shape index (κ2) is 10.8. The molecular weight excluding hydrogens is 424 g/mol. The fraction of sp³-hybridized carbons (Fsp3) is 0.517. The summed E-state index contributed by atoms with van der Waals surface area (Å²) >= 11 is 0. The van der Waals surface area contributed by atoms with Crippen LogP contribution in [0.3, 0.4) is 0 Å². The van der Waals surface area contributed by atoms with E-state index in [0.29, 0.717) is 18.0 Å². The van der Waals surface area contributed by atoms with Gasteiger partial charge in [-0.15, -0.1) is 0 Å². The van der Waals surface area contributed by atoms with Crippen LogP contribution in [0.4, 0.5) is 0 Å². The summed E-state index contributed by atoms with van der Waals surface area (Å²) in [5.74, 6) is 0.940. The number of hydrogen-bond donors (Lipinski definition) is 1. The molecule has 2 aliphatic heterocycles. The van der Waals surface area contributed by atoms with E-state index in [9.17, 15) is 9.59 Å². The highest BCUT2D eigenvalue weighted by Gasteiger charge is 2.29. The average molecular weight is 461 g/mol. The molecule has 5 rings (SSSR count).